The summed E-state index contributed by atoms with van der Waals surface area (Å²) in [6.07, 6.45) is 0. The van der Waals surface area contributed by atoms with E-state index in [1.54, 1.807) is 0 Å². The molecule has 0 saturated heterocycles. The topological polar surface area (TPSA) is 43.6 Å². The maximum Gasteiger partial charge on any atom is 0.164 e. The smallest absolute Gasteiger partial charge is 0.164 e. The summed E-state index contributed by atoms with van der Waals surface area (Å²) in [6, 6.07) is 45.4. The largest absolute Gasteiger partial charge is 0.309 e. The molecule has 0 amide bonds. The highest BCUT2D eigenvalue weighted by Gasteiger charge is 2.16. The first-order valence-corrected chi connectivity index (χ1v) is 17.1. The van der Waals surface area contributed by atoms with E-state index < -0.39 is 6.04 Å². The molecule has 0 aliphatic carbocycles. The second kappa shape index (κ2) is 11.6. The maximum absolute atomic E-state index is 8.63. The van der Waals surface area contributed by atoms with Gasteiger partial charge < -0.3 is 4.57 Å². The molecule has 7 aromatic carbocycles. The summed E-state index contributed by atoms with van der Waals surface area (Å²) in [5.74, 6) is 1.64. The Labute approximate surface area is 299 Å². The molecule has 3 aromatic heterocycles. The van der Waals surface area contributed by atoms with Gasteiger partial charge in [0.1, 0.15) is 0 Å². The number of para-hydroxylation sites is 2. The van der Waals surface area contributed by atoms with Crippen LogP contribution in [0.4, 0.5) is 0 Å². The monoisotopic (exact) mass is 661 g/mol. The lowest BCUT2D eigenvalue weighted by molar-refractivity contribution is 1.07. The van der Waals surface area contributed by atoms with Gasteiger partial charge in [-0.1, -0.05) is 127 Å². The Hall–Kier alpha value is -6.43. The van der Waals surface area contributed by atoms with Crippen molar-refractivity contribution < 1.29 is 6.85 Å². The Balaban J connectivity index is 1.10. The van der Waals surface area contributed by atoms with E-state index in [1.807, 2.05) is 60.7 Å². The fraction of sp³-hybridized carbons (Fsp3) is 0. The Morgan fingerprint density at radius 2 is 1.04 bits per heavy atom. The van der Waals surface area contributed by atoms with Gasteiger partial charge in [-0.15, -0.1) is 11.3 Å². The predicted molar refractivity (Wildman–Crippen MR) is 209 cm³/mol. The fourth-order valence-electron chi connectivity index (χ4n) is 6.83. The minimum atomic E-state index is -0.405. The Kier molecular flexibility index (Phi) is 5.54. The first kappa shape index (κ1) is 23.8. The average Bonchev–Trinajstić information content (AvgIpc) is 3.78. The molecule has 3 heterocycles. The van der Waals surface area contributed by atoms with Crippen molar-refractivity contribution in [1.29, 1.82) is 0 Å². The number of fused-ring (bicyclic) bond motifs is 6. The third kappa shape index (κ3) is 4.71. The van der Waals surface area contributed by atoms with Crippen LogP contribution in [0.25, 0.3) is 93.0 Å². The van der Waals surface area contributed by atoms with Crippen LogP contribution in [0.3, 0.4) is 0 Å². The summed E-state index contributed by atoms with van der Waals surface area (Å²) in [5.41, 5.74) is 6.67. The zero-order valence-corrected chi connectivity index (χ0v) is 27.3. The molecule has 0 unspecified atom stereocenters. The lowest BCUT2D eigenvalue weighted by Crippen LogP contribution is -2.00. The van der Waals surface area contributed by atoms with Crippen molar-refractivity contribution in [2.75, 3.05) is 0 Å². The zero-order valence-electron chi connectivity index (χ0n) is 31.5. The van der Waals surface area contributed by atoms with Crippen molar-refractivity contribution in [1.82, 2.24) is 19.5 Å². The molecule has 10 aromatic rings. The lowest BCUT2D eigenvalue weighted by atomic mass is 10.0. The van der Waals surface area contributed by atoms with Crippen LogP contribution >= 0.6 is 11.3 Å². The van der Waals surface area contributed by atoms with Crippen molar-refractivity contribution >= 4 is 53.3 Å². The normalized spacial score (nSPS) is 13.0. The summed E-state index contributed by atoms with van der Waals surface area (Å²) in [4.78, 5) is 15.0. The van der Waals surface area contributed by atoms with Gasteiger partial charge in [-0.3, -0.25) is 0 Å². The standard InChI is InChI=1S/C45H28N4S/c1-3-12-29(13-4-1)34-18-11-19-38-37-27-24-32(28-41(37)50-42(34)38)45-47-43(30-14-5-2-6-15-30)46-44(48-45)31-22-25-33(26-23-31)49-39-20-9-7-16-35(39)36-17-8-10-21-40(36)49/h1-28H/i1D,3D,4D,12D,13D. The lowest BCUT2D eigenvalue weighted by Gasteiger charge is -2.11. The van der Waals surface area contributed by atoms with Gasteiger partial charge in [0.2, 0.25) is 0 Å². The minimum Gasteiger partial charge on any atom is -0.309 e. The summed E-state index contributed by atoms with van der Waals surface area (Å²) in [5, 5.41) is 4.35. The molecular weight excluding hydrogens is 629 g/mol. The van der Waals surface area contributed by atoms with E-state index in [1.165, 1.54) is 22.1 Å². The Morgan fingerprint density at radius 1 is 0.460 bits per heavy atom. The zero-order chi connectivity index (χ0) is 37.4. The minimum absolute atomic E-state index is 0.196. The van der Waals surface area contributed by atoms with Gasteiger partial charge >= 0.3 is 0 Å². The van der Waals surface area contributed by atoms with Crippen LogP contribution in [0.15, 0.2) is 170 Å². The highest BCUT2D eigenvalue weighted by Crippen LogP contribution is 2.41. The molecule has 0 atom stereocenters. The molecule has 0 N–H and O–H groups in total. The first-order valence-electron chi connectivity index (χ1n) is 18.8. The van der Waals surface area contributed by atoms with Crippen molar-refractivity contribution in [3.8, 4) is 51.0 Å². The predicted octanol–water partition coefficient (Wildman–Crippen LogP) is 12.0. The second-order valence-corrected chi connectivity index (χ2v) is 13.1. The highest BCUT2D eigenvalue weighted by molar-refractivity contribution is 7.26. The van der Waals surface area contributed by atoms with Gasteiger partial charge in [0.05, 0.1) is 17.9 Å². The van der Waals surface area contributed by atoms with Crippen LogP contribution in [0.1, 0.15) is 6.85 Å². The molecular formula is C45H28N4S. The molecule has 5 heteroatoms. The number of benzene rings is 7. The molecule has 0 spiro atoms. The van der Waals surface area contributed by atoms with Crippen LogP contribution in [-0.4, -0.2) is 19.5 Å². The van der Waals surface area contributed by atoms with Crippen molar-refractivity contribution in [2.45, 2.75) is 0 Å². The summed E-state index contributed by atoms with van der Waals surface area (Å²) in [6.45, 7) is 0. The summed E-state index contributed by atoms with van der Waals surface area (Å²) >= 11 is 1.52. The first-order chi connectivity index (χ1) is 26.9. The summed E-state index contributed by atoms with van der Waals surface area (Å²) in [7, 11) is 0. The molecule has 0 aliphatic heterocycles. The number of thiophene rings is 1. The molecule has 50 heavy (non-hydrogen) atoms. The maximum atomic E-state index is 8.63. The van der Waals surface area contributed by atoms with E-state index in [9.17, 15) is 0 Å². The molecule has 0 fully saturated rings. The van der Waals surface area contributed by atoms with Crippen molar-refractivity contribution in [2.24, 2.45) is 0 Å². The average molecular weight is 662 g/mol. The molecule has 10 rings (SSSR count). The second-order valence-electron chi connectivity index (χ2n) is 12.1. The van der Waals surface area contributed by atoms with Crippen LogP contribution in [0, 0.1) is 0 Å². The van der Waals surface area contributed by atoms with E-state index >= 15 is 0 Å². The molecule has 0 radical (unpaired) electrons. The number of hydrogen-bond donors (Lipinski definition) is 0. The molecule has 0 saturated carbocycles. The Morgan fingerprint density at radius 3 is 1.74 bits per heavy atom. The van der Waals surface area contributed by atoms with Crippen molar-refractivity contribution in [3.05, 3.63) is 170 Å². The van der Waals surface area contributed by atoms with Crippen LogP contribution in [-0.2, 0) is 0 Å². The number of nitrogens with zero attached hydrogens (tertiary/aromatic N) is 4. The summed E-state index contributed by atoms with van der Waals surface area (Å²) < 4.78 is 46.0. The van der Waals surface area contributed by atoms with Gasteiger partial charge in [0.25, 0.3) is 0 Å². The highest BCUT2D eigenvalue weighted by atomic mass is 32.1. The van der Waals surface area contributed by atoms with E-state index in [-0.39, 0.29) is 29.7 Å². The van der Waals surface area contributed by atoms with Crippen molar-refractivity contribution in [3.63, 3.8) is 0 Å². The Bertz CT molecular complexity index is 3070. The van der Waals surface area contributed by atoms with Gasteiger partial charge in [0, 0.05) is 53.3 Å². The number of aromatic nitrogens is 4. The van der Waals surface area contributed by atoms with Crippen LogP contribution in [0.2, 0.25) is 0 Å². The molecule has 0 bridgehead atoms. The third-order valence-electron chi connectivity index (χ3n) is 9.16. The molecule has 4 nitrogen and oxygen atoms in total. The van der Waals surface area contributed by atoms with Crippen LogP contribution in [0.5, 0.6) is 0 Å². The third-order valence-corrected chi connectivity index (χ3v) is 10.4. The van der Waals surface area contributed by atoms with Crippen LogP contribution < -0.4 is 0 Å². The van der Waals surface area contributed by atoms with Gasteiger partial charge in [-0.05, 0) is 53.6 Å². The van der Waals surface area contributed by atoms with Gasteiger partial charge in [-0.2, -0.15) is 0 Å². The molecule has 234 valence electrons. The number of hydrogen-bond acceptors (Lipinski definition) is 4. The SMILES string of the molecule is [2H]c1c([2H])c([2H])c(-c2cccc3c2sc2cc(-c4nc(-c5ccccc5)nc(-c5ccc(-n6c7ccccc7c7ccccc76)cc5)n4)ccc23)c([2H])c1[2H]. The van der Waals surface area contributed by atoms with E-state index in [0.29, 0.717) is 23.0 Å². The van der Waals surface area contributed by atoms with E-state index in [2.05, 4.69) is 83.4 Å². The fourth-order valence-corrected chi connectivity index (χ4v) is 8.09. The van der Waals surface area contributed by atoms with Gasteiger partial charge in [-0.25, -0.2) is 15.0 Å². The molecule has 0 aliphatic rings. The van der Waals surface area contributed by atoms with E-state index in [0.717, 1.165) is 53.6 Å². The number of rotatable bonds is 5. The van der Waals surface area contributed by atoms with Gasteiger partial charge in [0.15, 0.2) is 17.5 Å². The van der Waals surface area contributed by atoms with E-state index in [4.69, 9.17) is 21.8 Å². The quantitative estimate of drug-likeness (QED) is 0.184.